The summed E-state index contributed by atoms with van der Waals surface area (Å²) >= 11 is 0. The molecule has 1 saturated heterocycles. The summed E-state index contributed by atoms with van der Waals surface area (Å²) in [4.78, 5) is 14.7. The van der Waals surface area contributed by atoms with Crippen molar-refractivity contribution in [1.82, 2.24) is 4.90 Å². The van der Waals surface area contributed by atoms with Gasteiger partial charge >= 0.3 is 5.97 Å². The van der Waals surface area contributed by atoms with Crippen LogP contribution in [0.4, 0.5) is 0 Å². The van der Waals surface area contributed by atoms with Gasteiger partial charge in [0.05, 0.1) is 18.1 Å². The van der Waals surface area contributed by atoms with Crippen molar-refractivity contribution in [2.75, 3.05) is 33.4 Å². The lowest BCUT2D eigenvalue weighted by atomic mass is 9.96. The van der Waals surface area contributed by atoms with Gasteiger partial charge in [-0.15, -0.1) is 0 Å². The van der Waals surface area contributed by atoms with Crippen LogP contribution in [0.25, 0.3) is 0 Å². The van der Waals surface area contributed by atoms with Crippen LogP contribution in [0.2, 0.25) is 0 Å². The topological polar surface area (TPSA) is 38.8 Å². The lowest BCUT2D eigenvalue weighted by Gasteiger charge is -2.20. The summed E-state index contributed by atoms with van der Waals surface area (Å²) in [6, 6.07) is 10.0. The third-order valence-electron chi connectivity index (χ3n) is 4.92. The molecule has 2 aliphatic rings. The van der Waals surface area contributed by atoms with Crippen LogP contribution in [0, 0.1) is 0 Å². The lowest BCUT2D eigenvalue weighted by Crippen LogP contribution is -2.30. The predicted octanol–water partition coefficient (Wildman–Crippen LogP) is 2.76. The van der Waals surface area contributed by atoms with Crippen LogP contribution in [0.15, 0.2) is 30.3 Å². The largest absolute Gasteiger partial charge is 0.465 e. The third-order valence-corrected chi connectivity index (χ3v) is 4.92. The molecule has 1 aliphatic carbocycles. The number of esters is 1. The summed E-state index contributed by atoms with van der Waals surface area (Å²) in [5, 5.41) is 0. The second kappa shape index (κ2) is 7.45. The molecular formula is C19H27NO3. The molecule has 4 heteroatoms. The average Bonchev–Trinajstić information content (AvgIpc) is 3.24. The molecule has 1 aliphatic heterocycles. The molecular weight excluding hydrogens is 290 g/mol. The van der Waals surface area contributed by atoms with Crippen LogP contribution in [0.1, 0.15) is 37.7 Å². The van der Waals surface area contributed by atoms with Crippen molar-refractivity contribution in [3.8, 4) is 0 Å². The zero-order valence-electron chi connectivity index (χ0n) is 14.0. The van der Waals surface area contributed by atoms with Gasteiger partial charge in [-0.2, -0.15) is 0 Å². The van der Waals surface area contributed by atoms with E-state index >= 15 is 0 Å². The monoisotopic (exact) mass is 317 g/mol. The van der Waals surface area contributed by atoms with Gasteiger partial charge in [0.2, 0.25) is 0 Å². The van der Waals surface area contributed by atoms with Gasteiger partial charge in [-0.05, 0) is 44.7 Å². The van der Waals surface area contributed by atoms with Gasteiger partial charge in [-0.1, -0.05) is 30.3 Å². The van der Waals surface area contributed by atoms with E-state index < -0.39 is 0 Å². The molecule has 2 fully saturated rings. The summed E-state index contributed by atoms with van der Waals surface area (Å²) in [6.07, 6.45) is 5.43. The number of carbonyl (C=O) groups excluding carboxylic acids is 1. The van der Waals surface area contributed by atoms with Crippen molar-refractivity contribution in [3.05, 3.63) is 35.9 Å². The molecule has 23 heavy (non-hydrogen) atoms. The molecule has 0 spiro atoms. The Morgan fingerprint density at radius 2 is 2.13 bits per heavy atom. The van der Waals surface area contributed by atoms with Gasteiger partial charge in [0.25, 0.3) is 0 Å². The van der Waals surface area contributed by atoms with Crippen LogP contribution in [0.3, 0.4) is 0 Å². The first-order chi connectivity index (χ1) is 11.2. The maximum Gasteiger partial charge on any atom is 0.316 e. The van der Waals surface area contributed by atoms with Crippen LogP contribution in [0.5, 0.6) is 0 Å². The Hall–Kier alpha value is -1.39. The molecule has 126 valence electrons. The van der Waals surface area contributed by atoms with Crippen molar-refractivity contribution in [3.63, 3.8) is 0 Å². The highest BCUT2D eigenvalue weighted by Gasteiger charge is 2.52. The van der Waals surface area contributed by atoms with Crippen molar-refractivity contribution >= 4 is 5.97 Å². The van der Waals surface area contributed by atoms with Crippen molar-refractivity contribution in [2.45, 2.75) is 43.6 Å². The van der Waals surface area contributed by atoms with Gasteiger partial charge in [0, 0.05) is 19.7 Å². The highest BCUT2D eigenvalue weighted by Crippen LogP contribution is 2.49. The summed E-state index contributed by atoms with van der Waals surface area (Å²) < 4.78 is 11.2. The Balaban J connectivity index is 1.36. The fourth-order valence-corrected chi connectivity index (χ4v) is 3.36. The summed E-state index contributed by atoms with van der Waals surface area (Å²) in [5.41, 5.74) is 0.741. The minimum atomic E-state index is -0.356. The molecule has 0 amide bonds. The van der Waals surface area contributed by atoms with Gasteiger partial charge < -0.3 is 14.4 Å². The average molecular weight is 317 g/mol. The van der Waals surface area contributed by atoms with E-state index in [1.165, 1.54) is 12.8 Å². The first-order valence-electron chi connectivity index (χ1n) is 8.74. The molecule has 1 atom stereocenters. The molecule has 0 aromatic heterocycles. The molecule has 4 nitrogen and oxygen atoms in total. The molecule has 1 aromatic rings. The van der Waals surface area contributed by atoms with Crippen molar-refractivity contribution < 1.29 is 14.3 Å². The Labute approximate surface area is 138 Å². The molecule has 1 unspecified atom stereocenters. The number of benzene rings is 1. The third kappa shape index (κ3) is 4.12. The van der Waals surface area contributed by atoms with Gasteiger partial charge in [-0.25, -0.2) is 0 Å². The Morgan fingerprint density at radius 3 is 2.78 bits per heavy atom. The molecule has 3 rings (SSSR count). The Kier molecular flexibility index (Phi) is 5.34. The van der Waals surface area contributed by atoms with E-state index in [9.17, 15) is 4.79 Å². The van der Waals surface area contributed by atoms with E-state index in [1.807, 2.05) is 30.3 Å². The van der Waals surface area contributed by atoms with Crippen LogP contribution < -0.4 is 0 Å². The summed E-state index contributed by atoms with van der Waals surface area (Å²) in [7, 11) is 2.11. The second-order valence-electron chi connectivity index (χ2n) is 6.83. The van der Waals surface area contributed by atoms with Crippen molar-refractivity contribution in [1.29, 1.82) is 0 Å². The number of likely N-dealkylation sites (N-methyl/N-ethyl adjacent to an activating group) is 1. The van der Waals surface area contributed by atoms with E-state index in [-0.39, 0.29) is 11.4 Å². The molecule has 1 aromatic carbocycles. The minimum Gasteiger partial charge on any atom is -0.465 e. The lowest BCUT2D eigenvalue weighted by molar-refractivity contribution is -0.147. The molecule has 1 heterocycles. The number of hydrogen-bond acceptors (Lipinski definition) is 4. The van der Waals surface area contributed by atoms with Crippen molar-refractivity contribution in [2.24, 2.45) is 0 Å². The zero-order valence-corrected chi connectivity index (χ0v) is 14.0. The maximum absolute atomic E-state index is 12.4. The van der Waals surface area contributed by atoms with E-state index in [1.54, 1.807) is 0 Å². The Morgan fingerprint density at radius 1 is 1.35 bits per heavy atom. The predicted molar refractivity (Wildman–Crippen MR) is 89.4 cm³/mol. The normalized spacial score (nSPS) is 22.3. The molecule has 1 saturated carbocycles. The van der Waals surface area contributed by atoms with Crippen LogP contribution in [-0.4, -0.2) is 50.3 Å². The van der Waals surface area contributed by atoms with Gasteiger partial charge in [0.1, 0.15) is 0 Å². The number of hydrogen-bond donors (Lipinski definition) is 0. The highest BCUT2D eigenvalue weighted by atomic mass is 16.5. The quantitative estimate of drug-likeness (QED) is 0.546. The number of rotatable bonds is 8. The Bertz CT molecular complexity index is 507. The molecule has 0 bridgehead atoms. The summed E-state index contributed by atoms with van der Waals surface area (Å²) in [5.74, 6) is -0.0505. The smallest absolute Gasteiger partial charge is 0.316 e. The fraction of sp³-hybridized carbons (Fsp3) is 0.632. The minimum absolute atomic E-state index is 0.0505. The highest BCUT2D eigenvalue weighted by molar-refractivity contribution is 5.86. The molecule has 0 N–H and O–H groups in total. The van der Waals surface area contributed by atoms with E-state index in [4.69, 9.17) is 9.47 Å². The maximum atomic E-state index is 12.4. The van der Waals surface area contributed by atoms with Crippen LogP contribution in [-0.2, 0) is 19.7 Å². The van der Waals surface area contributed by atoms with Gasteiger partial charge in [0.15, 0.2) is 0 Å². The number of nitrogens with zero attached hydrogens (tertiary/aromatic N) is 1. The van der Waals surface area contributed by atoms with Gasteiger partial charge in [-0.3, -0.25) is 4.79 Å². The molecule has 0 radical (unpaired) electrons. The fourth-order valence-electron chi connectivity index (χ4n) is 3.36. The SMILES string of the molecule is CN(CCCOC(=O)C1(c2ccccc2)CC1)CC1CCCO1. The summed E-state index contributed by atoms with van der Waals surface area (Å²) in [6.45, 7) is 3.31. The second-order valence-corrected chi connectivity index (χ2v) is 6.83. The van der Waals surface area contributed by atoms with E-state index in [2.05, 4.69) is 11.9 Å². The van der Waals surface area contributed by atoms with E-state index in [0.717, 1.165) is 44.5 Å². The van der Waals surface area contributed by atoms with E-state index in [0.29, 0.717) is 12.7 Å². The first-order valence-corrected chi connectivity index (χ1v) is 8.74. The number of carbonyl (C=O) groups is 1. The zero-order chi connectivity index (χ0) is 16.1. The number of ether oxygens (including phenoxy) is 2. The standard InChI is InChI=1S/C19H27NO3/c1-20(15-17-9-5-13-22-17)12-6-14-23-18(21)19(10-11-19)16-7-3-2-4-8-16/h2-4,7-8,17H,5-6,9-15H2,1H3. The van der Waals surface area contributed by atoms with Crippen LogP contribution >= 0.6 is 0 Å². The first kappa shape index (κ1) is 16.5.